The minimum absolute atomic E-state index is 0.0866. The van der Waals surface area contributed by atoms with Crippen LogP contribution in [0.25, 0.3) is 0 Å². The third-order valence-electron chi connectivity index (χ3n) is 4.34. The zero-order valence-electron chi connectivity index (χ0n) is 14.3. The Morgan fingerprint density at radius 1 is 1.24 bits per heavy atom. The van der Waals surface area contributed by atoms with E-state index in [9.17, 15) is 9.59 Å². The predicted molar refractivity (Wildman–Crippen MR) is 92.9 cm³/mol. The van der Waals surface area contributed by atoms with Gasteiger partial charge in [0.05, 0.1) is 37.4 Å². The number of ether oxygens (including phenoxy) is 3. The van der Waals surface area contributed by atoms with Crippen molar-refractivity contribution in [3.63, 3.8) is 0 Å². The van der Waals surface area contributed by atoms with E-state index in [1.807, 2.05) is 22.4 Å². The number of nitrogens with zero attached hydrogens (tertiary/aromatic N) is 1. The minimum Gasteiger partial charge on any atom is -0.466 e. The maximum Gasteiger partial charge on any atom is 0.336 e. The quantitative estimate of drug-likeness (QED) is 0.749. The Bertz CT molecular complexity index is 654. The van der Waals surface area contributed by atoms with Crippen LogP contribution in [0.1, 0.15) is 23.6 Å². The second kappa shape index (κ2) is 7.84. The molecule has 0 radical (unpaired) electrons. The van der Waals surface area contributed by atoms with Gasteiger partial charge < -0.3 is 19.1 Å². The molecule has 0 aromatic carbocycles. The molecule has 7 heteroatoms. The summed E-state index contributed by atoms with van der Waals surface area (Å²) in [5.74, 6) is -1.39. The fourth-order valence-corrected chi connectivity index (χ4v) is 4.04. The molecule has 3 rings (SSSR count). The Morgan fingerprint density at radius 2 is 1.92 bits per heavy atom. The van der Waals surface area contributed by atoms with Gasteiger partial charge in [0.15, 0.2) is 0 Å². The Balaban J connectivity index is 1.98. The van der Waals surface area contributed by atoms with E-state index in [0.29, 0.717) is 17.7 Å². The Hall–Kier alpha value is -2.12. The molecule has 134 valence electrons. The van der Waals surface area contributed by atoms with Gasteiger partial charge in [-0.15, -0.1) is 11.3 Å². The van der Waals surface area contributed by atoms with Crippen molar-refractivity contribution in [2.24, 2.45) is 0 Å². The molecule has 25 heavy (non-hydrogen) atoms. The smallest absolute Gasteiger partial charge is 0.336 e. The second-order valence-electron chi connectivity index (χ2n) is 5.93. The van der Waals surface area contributed by atoms with Crippen molar-refractivity contribution in [3.8, 4) is 0 Å². The summed E-state index contributed by atoms with van der Waals surface area (Å²) in [5.41, 5.74) is 0.844. The first kappa shape index (κ1) is 17.7. The molecule has 0 bridgehead atoms. The number of hydrogen-bond acceptors (Lipinski definition) is 7. The van der Waals surface area contributed by atoms with E-state index in [2.05, 4.69) is 0 Å². The monoisotopic (exact) mass is 363 g/mol. The summed E-state index contributed by atoms with van der Waals surface area (Å²) in [6.45, 7) is 1.33. The van der Waals surface area contributed by atoms with Crippen molar-refractivity contribution >= 4 is 23.3 Å². The van der Waals surface area contributed by atoms with Gasteiger partial charge in [-0.25, -0.2) is 9.59 Å². The SMILES string of the molecule is COC(=O)C1=CN(CC2CCCO2)C=C(C(=O)OC)C1c1cccs1. The highest BCUT2D eigenvalue weighted by Crippen LogP contribution is 2.39. The number of hydrogen-bond donors (Lipinski definition) is 0. The molecule has 2 aliphatic rings. The maximum atomic E-state index is 12.4. The van der Waals surface area contributed by atoms with Crippen molar-refractivity contribution in [1.82, 2.24) is 4.90 Å². The third-order valence-corrected chi connectivity index (χ3v) is 5.28. The fraction of sp³-hybridized carbons (Fsp3) is 0.444. The van der Waals surface area contributed by atoms with Crippen molar-refractivity contribution in [2.45, 2.75) is 24.9 Å². The lowest BCUT2D eigenvalue weighted by molar-refractivity contribution is -0.137. The van der Waals surface area contributed by atoms with Gasteiger partial charge in [0.2, 0.25) is 0 Å². The van der Waals surface area contributed by atoms with Crippen LogP contribution < -0.4 is 0 Å². The number of esters is 2. The number of rotatable bonds is 5. The van der Waals surface area contributed by atoms with E-state index in [4.69, 9.17) is 14.2 Å². The van der Waals surface area contributed by atoms with Crippen molar-refractivity contribution in [3.05, 3.63) is 45.9 Å². The van der Waals surface area contributed by atoms with Gasteiger partial charge in [0.25, 0.3) is 0 Å². The molecule has 0 aliphatic carbocycles. The van der Waals surface area contributed by atoms with Crippen LogP contribution in [0.5, 0.6) is 0 Å². The molecule has 1 aromatic rings. The lowest BCUT2D eigenvalue weighted by Crippen LogP contribution is -2.32. The lowest BCUT2D eigenvalue weighted by Gasteiger charge is -2.30. The molecule has 2 aliphatic heterocycles. The molecule has 3 heterocycles. The normalized spacial score (nSPS) is 20.9. The van der Waals surface area contributed by atoms with E-state index >= 15 is 0 Å². The average Bonchev–Trinajstić information content (AvgIpc) is 3.33. The van der Waals surface area contributed by atoms with Gasteiger partial charge in [0.1, 0.15) is 0 Å². The molecule has 0 spiro atoms. The zero-order valence-corrected chi connectivity index (χ0v) is 15.1. The Labute approximate surface area is 150 Å². The van der Waals surface area contributed by atoms with Gasteiger partial charge in [-0.05, 0) is 24.3 Å². The largest absolute Gasteiger partial charge is 0.466 e. The number of carbonyl (C=O) groups excluding carboxylic acids is 2. The van der Waals surface area contributed by atoms with E-state index in [1.165, 1.54) is 25.6 Å². The Kier molecular flexibility index (Phi) is 5.55. The second-order valence-corrected chi connectivity index (χ2v) is 6.91. The highest BCUT2D eigenvalue weighted by Gasteiger charge is 2.36. The standard InChI is InChI=1S/C18H21NO5S/c1-22-17(20)13-10-19(9-12-5-3-7-24-12)11-14(18(21)23-2)16(13)15-6-4-8-25-15/h4,6,8,10-12,16H,3,5,7,9H2,1-2H3. The summed E-state index contributed by atoms with van der Waals surface area (Å²) in [7, 11) is 2.68. The van der Waals surface area contributed by atoms with E-state index in [1.54, 1.807) is 12.4 Å². The third kappa shape index (κ3) is 3.77. The van der Waals surface area contributed by atoms with Crippen LogP contribution in [0.2, 0.25) is 0 Å². The molecule has 0 N–H and O–H groups in total. The van der Waals surface area contributed by atoms with Crippen molar-refractivity contribution in [2.75, 3.05) is 27.4 Å². The van der Waals surface area contributed by atoms with E-state index < -0.39 is 17.9 Å². The summed E-state index contributed by atoms with van der Waals surface area (Å²) in [6, 6.07) is 3.79. The first-order chi connectivity index (χ1) is 12.1. The van der Waals surface area contributed by atoms with Crippen LogP contribution in [-0.2, 0) is 23.8 Å². The average molecular weight is 363 g/mol. The highest BCUT2D eigenvalue weighted by molar-refractivity contribution is 7.10. The molecule has 1 atom stereocenters. The van der Waals surface area contributed by atoms with Gasteiger partial charge in [-0.1, -0.05) is 6.07 Å². The summed E-state index contributed by atoms with van der Waals surface area (Å²) in [6.07, 6.45) is 5.59. The minimum atomic E-state index is -0.486. The first-order valence-corrected chi connectivity index (χ1v) is 9.02. The lowest BCUT2D eigenvalue weighted by atomic mass is 9.88. The van der Waals surface area contributed by atoms with Gasteiger partial charge in [0, 0.05) is 30.4 Å². The summed E-state index contributed by atoms with van der Waals surface area (Å²) in [5, 5.41) is 1.91. The van der Waals surface area contributed by atoms with Crippen LogP contribution in [-0.4, -0.2) is 50.3 Å². The van der Waals surface area contributed by atoms with Gasteiger partial charge in [-0.3, -0.25) is 0 Å². The molecule has 1 unspecified atom stereocenters. The van der Waals surface area contributed by atoms with Crippen LogP contribution in [0.15, 0.2) is 41.1 Å². The van der Waals surface area contributed by atoms with Crippen molar-refractivity contribution < 1.29 is 23.8 Å². The fourth-order valence-electron chi connectivity index (χ4n) is 3.18. The summed E-state index contributed by atoms with van der Waals surface area (Å²) in [4.78, 5) is 27.5. The molecule has 1 aromatic heterocycles. The summed E-state index contributed by atoms with van der Waals surface area (Å²) < 4.78 is 15.6. The van der Waals surface area contributed by atoms with Crippen molar-refractivity contribution in [1.29, 1.82) is 0 Å². The van der Waals surface area contributed by atoms with Crippen LogP contribution in [0.4, 0.5) is 0 Å². The van der Waals surface area contributed by atoms with Crippen LogP contribution in [0.3, 0.4) is 0 Å². The number of methoxy groups -OCH3 is 2. The molecule has 0 saturated carbocycles. The molecule has 1 fully saturated rings. The topological polar surface area (TPSA) is 65.1 Å². The Morgan fingerprint density at radius 3 is 2.40 bits per heavy atom. The molecule has 1 saturated heterocycles. The number of carbonyl (C=O) groups is 2. The van der Waals surface area contributed by atoms with Gasteiger partial charge >= 0.3 is 11.9 Å². The van der Waals surface area contributed by atoms with E-state index in [0.717, 1.165) is 24.3 Å². The highest BCUT2D eigenvalue weighted by atomic mass is 32.1. The summed E-state index contributed by atoms with van der Waals surface area (Å²) >= 11 is 1.49. The van der Waals surface area contributed by atoms with Crippen LogP contribution in [0, 0.1) is 0 Å². The zero-order chi connectivity index (χ0) is 17.8. The van der Waals surface area contributed by atoms with E-state index in [-0.39, 0.29) is 6.10 Å². The maximum absolute atomic E-state index is 12.4. The molecular weight excluding hydrogens is 342 g/mol. The van der Waals surface area contributed by atoms with Gasteiger partial charge in [-0.2, -0.15) is 0 Å². The molecular formula is C18H21NO5S. The molecule has 6 nitrogen and oxygen atoms in total. The number of thiophene rings is 1. The van der Waals surface area contributed by atoms with Crippen LogP contribution >= 0.6 is 11.3 Å². The molecule has 0 amide bonds. The first-order valence-electron chi connectivity index (χ1n) is 8.15. The predicted octanol–water partition coefficient (Wildman–Crippen LogP) is 2.44.